The Kier molecular flexibility index (Phi) is 4.23. The van der Waals surface area contributed by atoms with Crippen LogP contribution in [0, 0.1) is 0 Å². The van der Waals surface area contributed by atoms with Crippen LogP contribution in [-0.2, 0) is 6.42 Å². The molecule has 1 aromatic carbocycles. The first-order valence-electron chi connectivity index (χ1n) is 4.28. The molecule has 0 fully saturated rings. The van der Waals surface area contributed by atoms with Gasteiger partial charge in [-0.15, -0.1) is 0 Å². The van der Waals surface area contributed by atoms with Gasteiger partial charge in [-0.1, -0.05) is 27.5 Å². The van der Waals surface area contributed by atoms with E-state index in [1.165, 1.54) is 5.56 Å². The van der Waals surface area contributed by atoms with E-state index in [1.54, 1.807) is 0 Å². The Labute approximate surface area is 92.4 Å². The number of hydrogen-bond donors (Lipinski definition) is 1. The molecule has 1 nitrogen and oxygen atoms in total. The van der Waals surface area contributed by atoms with Gasteiger partial charge in [-0.3, -0.25) is 0 Å². The first-order valence-corrected chi connectivity index (χ1v) is 5.45. The maximum Gasteiger partial charge on any atom is 0.0419 e. The van der Waals surface area contributed by atoms with Crippen LogP contribution in [0.4, 0.5) is 0 Å². The highest BCUT2D eigenvalue weighted by Crippen LogP contribution is 2.20. The quantitative estimate of drug-likeness (QED) is 0.888. The third kappa shape index (κ3) is 4.12. The van der Waals surface area contributed by atoms with Crippen molar-refractivity contribution in [3.63, 3.8) is 0 Å². The van der Waals surface area contributed by atoms with Crippen molar-refractivity contribution in [1.82, 2.24) is 0 Å². The van der Waals surface area contributed by atoms with Gasteiger partial charge in [0.25, 0.3) is 0 Å². The standard InChI is InChI=1S/C10H13BrClN/c1-7(13)2-3-8-4-9(11)6-10(12)5-8/h4-7H,2-3,13H2,1H3/t7-/m0/s1. The fraction of sp³-hybridized carbons (Fsp3) is 0.400. The fourth-order valence-electron chi connectivity index (χ4n) is 1.15. The van der Waals surface area contributed by atoms with Crippen molar-refractivity contribution < 1.29 is 0 Å². The molecule has 13 heavy (non-hydrogen) atoms. The summed E-state index contributed by atoms with van der Waals surface area (Å²) in [7, 11) is 0. The largest absolute Gasteiger partial charge is 0.328 e. The molecule has 0 saturated heterocycles. The topological polar surface area (TPSA) is 26.0 Å². The SMILES string of the molecule is C[C@H](N)CCc1cc(Cl)cc(Br)c1. The Morgan fingerprint density at radius 2 is 2.15 bits per heavy atom. The molecule has 2 N–H and O–H groups in total. The van der Waals surface area contributed by atoms with E-state index < -0.39 is 0 Å². The zero-order chi connectivity index (χ0) is 9.84. The molecule has 1 rings (SSSR count). The predicted octanol–water partition coefficient (Wildman–Crippen LogP) is 3.38. The average molecular weight is 263 g/mol. The maximum atomic E-state index is 5.90. The van der Waals surface area contributed by atoms with Gasteiger partial charge in [0.05, 0.1) is 0 Å². The van der Waals surface area contributed by atoms with Crippen molar-refractivity contribution in [2.45, 2.75) is 25.8 Å². The van der Waals surface area contributed by atoms with Crippen molar-refractivity contribution in [3.8, 4) is 0 Å². The molecule has 0 aliphatic rings. The molecule has 72 valence electrons. The summed E-state index contributed by atoms with van der Waals surface area (Å²) in [5, 5.41) is 0.772. The lowest BCUT2D eigenvalue weighted by atomic mass is 10.1. The van der Waals surface area contributed by atoms with E-state index >= 15 is 0 Å². The fourth-order valence-corrected chi connectivity index (χ4v) is 2.08. The molecule has 1 aromatic rings. The second-order valence-corrected chi connectivity index (χ2v) is 4.65. The minimum atomic E-state index is 0.248. The highest BCUT2D eigenvalue weighted by atomic mass is 79.9. The molecule has 3 heteroatoms. The minimum Gasteiger partial charge on any atom is -0.328 e. The Morgan fingerprint density at radius 3 is 2.69 bits per heavy atom. The van der Waals surface area contributed by atoms with Crippen LogP contribution in [0.1, 0.15) is 18.9 Å². The van der Waals surface area contributed by atoms with Crippen LogP contribution in [0.3, 0.4) is 0 Å². The van der Waals surface area contributed by atoms with Gasteiger partial charge in [0.2, 0.25) is 0 Å². The molecule has 0 radical (unpaired) electrons. The number of aryl methyl sites for hydroxylation is 1. The molecule has 0 heterocycles. The molecule has 0 bridgehead atoms. The van der Waals surface area contributed by atoms with E-state index in [0.717, 1.165) is 22.3 Å². The molecule has 0 aliphatic heterocycles. The molecule has 0 aliphatic carbocycles. The Balaban J connectivity index is 2.66. The molecular formula is C10H13BrClN. The first-order chi connectivity index (χ1) is 6.08. The van der Waals surface area contributed by atoms with Crippen LogP contribution in [0.5, 0.6) is 0 Å². The average Bonchev–Trinajstić information content (AvgIpc) is 1.99. The molecule has 0 amide bonds. The zero-order valence-electron chi connectivity index (χ0n) is 7.56. The van der Waals surface area contributed by atoms with Crippen molar-refractivity contribution in [3.05, 3.63) is 33.3 Å². The first kappa shape index (κ1) is 11.0. The second kappa shape index (κ2) is 4.99. The highest BCUT2D eigenvalue weighted by molar-refractivity contribution is 9.10. The van der Waals surface area contributed by atoms with Gasteiger partial charge in [-0.2, -0.15) is 0 Å². The third-order valence-electron chi connectivity index (χ3n) is 1.81. The lowest BCUT2D eigenvalue weighted by Gasteiger charge is -2.05. The molecule has 1 atom stereocenters. The summed E-state index contributed by atoms with van der Waals surface area (Å²) in [6.45, 7) is 2.01. The summed E-state index contributed by atoms with van der Waals surface area (Å²) in [4.78, 5) is 0. The Bertz CT molecular complexity index is 266. The summed E-state index contributed by atoms with van der Waals surface area (Å²) >= 11 is 9.31. The van der Waals surface area contributed by atoms with E-state index in [4.69, 9.17) is 17.3 Å². The number of rotatable bonds is 3. The lowest BCUT2D eigenvalue weighted by Crippen LogP contribution is -2.15. The van der Waals surface area contributed by atoms with Gasteiger partial charge in [-0.25, -0.2) is 0 Å². The number of hydrogen-bond acceptors (Lipinski definition) is 1. The number of halogens is 2. The van der Waals surface area contributed by atoms with Crippen LogP contribution < -0.4 is 5.73 Å². The normalized spacial score (nSPS) is 12.9. The Hall–Kier alpha value is -0.0500. The van der Waals surface area contributed by atoms with Crippen molar-refractivity contribution in [2.24, 2.45) is 5.73 Å². The van der Waals surface area contributed by atoms with Crippen molar-refractivity contribution >= 4 is 27.5 Å². The number of nitrogens with two attached hydrogens (primary N) is 1. The second-order valence-electron chi connectivity index (χ2n) is 3.29. The molecule has 0 unspecified atom stereocenters. The van der Waals surface area contributed by atoms with E-state index in [0.29, 0.717) is 0 Å². The summed E-state index contributed by atoms with van der Waals surface area (Å²) in [5.74, 6) is 0. The molecule has 0 spiro atoms. The maximum absolute atomic E-state index is 5.90. The van der Waals surface area contributed by atoms with Gasteiger partial charge in [0.15, 0.2) is 0 Å². The van der Waals surface area contributed by atoms with Gasteiger partial charge in [0.1, 0.15) is 0 Å². The van der Waals surface area contributed by atoms with E-state index in [2.05, 4.69) is 22.0 Å². The monoisotopic (exact) mass is 261 g/mol. The van der Waals surface area contributed by atoms with Crippen LogP contribution in [-0.4, -0.2) is 6.04 Å². The van der Waals surface area contributed by atoms with E-state index in [-0.39, 0.29) is 6.04 Å². The van der Waals surface area contributed by atoms with Gasteiger partial charge in [0, 0.05) is 15.5 Å². The van der Waals surface area contributed by atoms with Gasteiger partial charge in [-0.05, 0) is 43.5 Å². The highest BCUT2D eigenvalue weighted by Gasteiger charge is 1.99. The van der Waals surface area contributed by atoms with Crippen molar-refractivity contribution in [2.75, 3.05) is 0 Å². The summed E-state index contributed by atoms with van der Waals surface area (Å²) in [6.07, 6.45) is 1.98. The van der Waals surface area contributed by atoms with E-state index in [1.807, 2.05) is 19.1 Å². The molecule has 0 saturated carbocycles. The minimum absolute atomic E-state index is 0.248. The van der Waals surface area contributed by atoms with Gasteiger partial charge >= 0.3 is 0 Å². The summed E-state index contributed by atoms with van der Waals surface area (Å²) in [6, 6.07) is 6.19. The summed E-state index contributed by atoms with van der Waals surface area (Å²) in [5.41, 5.74) is 6.90. The van der Waals surface area contributed by atoms with Gasteiger partial charge < -0.3 is 5.73 Å². The van der Waals surface area contributed by atoms with Crippen LogP contribution in [0.15, 0.2) is 22.7 Å². The van der Waals surface area contributed by atoms with Crippen molar-refractivity contribution in [1.29, 1.82) is 0 Å². The smallest absolute Gasteiger partial charge is 0.0419 e. The van der Waals surface area contributed by atoms with Crippen LogP contribution >= 0.6 is 27.5 Å². The molecular weight excluding hydrogens is 249 g/mol. The number of benzene rings is 1. The third-order valence-corrected chi connectivity index (χ3v) is 2.49. The van der Waals surface area contributed by atoms with E-state index in [9.17, 15) is 0 Å². The zero-order valence-corrected chi connectivity index (χ0v) is 9.90. The lowest BCUT2D eigenvalue weighted by molar-refractivity contribution is 0.666. The Morgan fingerprint density at radius 1 is 1.46 bits per heavy atom. The molecule has 0 aromatic heterocycles. The predicted molar refractivity (Wildman–Crippen MR) is 61.1 cm³/mol. The summed E-state index contributed by atoms with van der Waals surface area (Å²) < 4.78 is 1.03. The van der Waals surface area contributed by atoms with Crippen LogP contribution in [0.25, 0.3) is 0 Å². The van der Waals surface area contributed by atoms with Crippen LogP contribution in [0.2, 0.25) is 5.02 Å².